The number of likely N-dealkylation sites (tertiary alicyclic amines) is 1. The van der Waals surface area contributed by atoms with Crippen LogP contribution in [0.5, 0.6) is 0 Å². The van der Waals surface area contributed by atoms with E-state index in [0.717, 1.165) is 10.7 Å². The first-order valence-corrected chi connectivity index (χ1v) is 7.97. The van der Waals surface area contributed by atoms with Crippen molar-refractivity contribution in [3.63, 3.8) is 0 Å². The minimum atomic E-state index is -4.62. The molecule has 1 saturated heterocycles. The molecule has 1 aliphatic carbocycles. The van der Waals surface area contributed by atoms with Crippen LogP contribution in [-0.4, -0.2) is 39.5 Å². The van der Waals surface area contributed by atoms with Gasteiger partial charge in [0.15, 0.2) is 11.5 Å². The average molecular weight is 366 g/mol. The number of nitrogens with zero attached hydrogens (tertiary/aromatic N) is 4. The quantitative estimate of drug-likeness (QED) is 0.764. The van der Waals surface area contributed by atoms with Gasteiger partial charge in [-0.1, -0.05) is 19.9 Å². The van der Waals surface area contributed by atoms with Gasteiger partial charge in [-0.25, -0.2) is 0 Å². The second-order valence-corrected chi connectivity index (χ2v) is 7.62. The summed E-state index contributed by atoms with van der Waals surface area (Å²) in [4.78, 5) is 26.1. The molecule has 6 nitrogen and oxygen atoms in total. The second kappa shape index (κ2) is 5.43. The maximum atomic E-state index is 12.8. The molecule has 26 heavy (non-hydrogen) atoms. The Kier molecular flexibility index (Phi) is 3.80. The van der Waals surface area contributed by atoms with E-state index in [9.17, 15) is 28.0 Å². The summed E-state index contributed by atoms with van der Waals surface area (Å²) in [6.45, 7) is 4.01. The monoisotopic (exact) mass is 366 g/mol. The Bertz CT molecular complexity index is 868. The van der Waals surface area contributed by atoms with E-state index in [0.29, 0.717) is 6.42 Å². The van der Waals surface area contributed by atoms with E-state index in [1.807, 2.05) is 6.07 Å². The first kappa shape index (κ1) is 18.2. The number of aromatic nitrogens is 2. The number of allylic oxidation sites excluding steroid dienone is 1. The number of amides is 1. The summed E-state index contributed by atoms with van der Waals surface area (Å²) < 4.78 is 39.2. The number of aryl methyl sites for hydroxylation is 1. The standard InChI is InChI=1S/C17H17F3N4O2/c1-15(2)7-16(5-10(6-21)13(15)25)8-24(9-16)14(26)11-4-12(17(18,19)20)22-23(11)3/h4-5H,7-9H2,1-3H3. The van der Waals surface area contributed by atoms with Gasteiger partial charge in [0.25, 0.3) is 5.91 Å². The van der Waals surface area contributed by atoms with E-state index < -0.39 is 28.6 Å². The Labute approximate surface area is 147 Å². The fourth-order valence-corrected chi connectivity index (χ4v) is 3.86. The van der Waals surface area contributed by atoms with Crippen molar-refractivity contribution in [1.29, 1.82) is 5.26 Å². The molecule has 0 unspecified atom stereocenters. The highest BCUT2D eigenvalue weighted by atomic mass is 19.4. The number of alkyl halides is 3. The Morgan fingerprint density at radius 3 is 2.46 bits per heavy atom. The molecule has 3 rings (SSSR count). The summed E-state index contributed by atoms with van der Waals surface area (Å²) in [7, 11) is 1.29. The van der Waals surface area contributed by atoms with Gasteiger partial charge in [0.1, 0.15) is 11.8 Å². The van der Waals surface area contributed by atoms with Gasteiger partial charge in [0.05, 0.1) is 5.57 Å². The number of carbonyl (C=O) groups excluding carboxylic acids is 2. The maximum absolute atomic E-state index is 12.8. The molecule has 1 aromatic heterocycles. The Morgan fingerprint density at radius 2 is 1.96 bits per heavy atom. The lowest BCUT2D eigenvalue weighted by molar-refractivity contribution is -0.141. The van der Waals surface area contributed by atoms with Crippen molar-refractivity contribution < 1.29 is 22.8 Å². The van der Waals surface area contributed by atoms with Crippen LogP contribution in [0.4, 0.5) is 13.2 Å². The molecule has 138 valence electrons. The zero-order valence-corrected chi connectivity index (χ0v) is 14.5. The normalized spacial score (nSPS) is 21.2. The molecule has 9 heteroatoms. The third kappa shape index (κ3) is 2.79. The summed E-state index contributed by atoms with van der Waals surface area (Å²) in [5.74, 6) is -0.778. The molecule has 0 bridgehead atoms. The largest absolute Gasteiger partial charge is 0.435 e. The lowest BCUT2D eigenvalue weighted by atomic mass is 9.61. The van der Waals surface area contributed by atoms with Crippen molar-refractivity contribution in [3.8, 4) is 6.07 Å². The van der Waals surface area contributed by atoms with Crippen LogP contribution in [0.15, 0.2) is 17.7 Å². The number of nitriles is 1. The Balaban J connectivity index is 1.81. The van der Waals surface area contributed by atoms with Crippen LogP contribution < -0.4 is 0 Å². The van der Waals surface area contributed by atoms with E-state index in [1.165, 1.54) is 11.9 Å². The SMILES string of the molecule is Cn1nc(C(F)(F)F)cc1C(=O)N1CC2(C=C(C#N)C(=O)C(C)(C)C2)C1. The molecule has 0 N–H and O–H groups in total. The number of hydrogen-bond acceptors (Lipinski definition) is 4. The van der Waals surface area contributed by atoms with Gasteiger partial charge in [-0.15, -0.1) is 0 Å². The third-order valence-electron chi connectivity index (χ3n) is 4.91. The summed E-state index contributed by atoms with van der Waals surface area (Å²) in [5.41, 5.74) is -2.40. The van der Waals surface area contributed by atoms with Crippen molar-refractivity contribution in [1.82, 2.24) is 14.7 Å². The van der Waals surface area contributed by atoms with Gasteiger partial charge >= 0.3 is 6.18 Å². The molecule has 0 radical (unpaired) electrons. The minimum Gasteiger partial charge on any atom is -0.335 e. The molecule has 1 amide bonds. The topological polar surface area (TPSA) is 79.0 Å². The minimum absolute atomic E-state index is 0.0771. The molecule has 1 aromatic rings. The molecule has 0 saturated carbocycles. The van der Waals surface area contributed by atoms with Gasteiger partial charge in [0.2, 0.25) is 0 Å². The number of halogens is 3. The molecule has 0 atom stereocenters. The van der Waals surface area contributed by atoms with Gasteiger partial charge in [0, 0.05) is 37.0 Å². The lowest BCUT2D eigenvalue weighted by Crippen LogP contribution is -2.61. The predicted molar refractivity (Wildman–Crippen MR) is 83.6 cm³/mol. The van der Waals surface area contributed by atoms with Crippen LogP contribution >= 0.6 is 0 Å². The fourth-order valence-electron chi connectivity index (χ4n) is 3.86. The molecular formula is C17H17F3N4O2. The molecule has 1 spiro atoms. The van der Waals surface area contributed by atoms with E-state index in [4.69, 9.17) is 0 Å². The number of carbonyl (C=O) groups is 2. The zero-order valence-electron chi connectivity index (χ0n) is 14.5. The summed E-state index contributed by atoms with van der Waals surface area (Å²) in [6.07, 6.45) is -2.54. The Morgan fingerprint density at radius 1 is 1.35 bits per heavy atom. The second-order valence-electron chi connectivity index (χ2n) is 7.62. The number of rotatable bonds is 1. The third-order valence-corrected chi connectivity index (χ3v) is 4.91. The first-order valence-electron chi connectivity index (χ1n) is 7.97. The summed E-state index contributed by atoms with van der Waals surface area (Å²) >= 11 is 0. The van der Waals surface area contributed by atoms with Crippen molar-refractivity contribution in [2.24, 2.45) is 17.9 Å². The smallest absolute Gasteiger partial charge is 0.335 e. The summed E-state index contributed by atoms with van der Waals surface area (Å²) in [5, 5.41) is 12.5. The van der Waals surface area contributed by atoms with Crippen LogP contribution in [0, 0.1) is 22.2 Å². The lowest BCUT2D eigenvalue weighted by Gasteiger charge is -2.53. The molecule has 0 aromatic carbocycles. The van der Waals surface area contributed by atoms with Crippen molar-refractivity contribution in [2.45, 2.75) is 26.4 Å². The molecular weight excluding hydrogens is 349 g/mol. The van der Waals surface area contributed by atoms with E-state index in [2.05, 4.69) is 5.10 Å². The van der Waals surface area contributed by atoms with E-state index in [1.54, 1.807) is 19.9 Å². The van der Waals surface area contributed by atoms with Crippen LogP contribution in [0.25, 0.3) is 0 Å². The fraction of sp³-hybridized carbons (Fsp3) is 0.529. The number of Topliss-reactive ketones (excluding diaryl/α,β-unsaturated/α-hetero) is 1. The predicted octanol–water partition coefficient (Wildman–Crippen LogP) is 2.33. The van der Waals surface area contributed by atoms with E-state index in [-0.39, 0.29) is 30.1 Å². The van der Waals surface area contributed by atoms with Crippen molar-refractivity contribution >= 4 is 11.7 Å². The molecule has 1 fully saturated rings. The van der Waals surface area contributed by atoms with Crippen LogP contribution in [0.2, 0.25) is 0 Å². The van der Waals surface area contributed by atoms with Crippen molar-refractivity contribution in [3.05, 3.63) is 29.1 Å². The van der Waals surface area contributed by atoms with Gasteiger partial charge < -0.3 is 4.90 Å². The van der Waals surface area contributed by atoms with Gasteiger partial charge in [-0.05, 0) is 6.42 Å². The first-order chi connectivity index (χ1) is 11.9. The average Bonchev–Trinajstić information content (AvgIpc) is 2.89. The zero-order chi connectivity index (χ0) is 19.5. The van der Waals surface area contributed by atoms with Crippen LogP contribution in [-0.2, 0) is 18.0 Å². The number of hydrogen-bond donors (Lipinski definition) is 0. The highest BCUT2D eigenvalue weighted by Crippen LogP contribution is 2.48. The molecule has 2 aliphatic rings. The molecule has 1 aliphatic heterocycles. The maximum Gasteiger partial charge on any atom is 0.435 e. The van der Waals surface area contributed by atoms with Gasteiger partial charge in [-0.2, -0.15) is 23.5 Å². The van der Waals surface area contributed by atoms with Crippen molar-refractivity contribution in [2.75, 3.05) is 13.1 Å². The molecule has 2 heterocycles. The Hall–Kier alpha value is -2.63. The van der Waals surface area contributed by atoms with E-state index >= 15 is 0 Å². The van der Waals surface area contributed by atoms with Crippen LogP contribution in [0.1, 0.15) is 36.5 Å². The van der Waals surface area contributed by atoms with Crippen LogP contribution in [0.3, 0.4) is 0 Å². The highest BCUT2D eigenvalue weighted by Gasteiger charge is 2.52. The summed E-state index contributed by atoms with van der Waals surface area (Å²) in [6, 6.07) is 2.64. The highest BCUT2D eigenvalue weighted by molar-refractivity contribution is 6.04. The number of ketones is 1. The van der Waals surface area contributed by atoms with Gasteiger partial charge in [-0.3, -0.25) is 14.3 Å².